The highest BCUT2D eigenvalue weighted by Gasteiger charge is 2.39. The molecule has 9 heteroatoms. The molecule has 0 radical (unpaired) electrons. The lowest BCUT2D eigenvalue weighted by atomic mass is 9.93. The third kappa shape index (κ3) is 7.12. The van der Waals surface area contributed by atoms with Crippen LogP contribution in [0.25, 0.3) is 0 Å². The van der Waals surface area contributed by atoms with Gasteiger partial charge in [0.1, 0.15) is 5.82 Å². The number of anilines is 3. The number of carbonyl (C=O) groups excluding carboxylic acids is 1. The molecule has 1 amide bonds. The monoisotopic (exact) mass is 560 g/mol. The van der Waals surface area contributed by atoms with Crippen molar-refractivity contribution in [3.8, 4) is 0 Å². The van der Waals surface area contributed by atoms with Gasteiger partial charge in [-0.2, -0.15) is 4.98 Å². The molecule has 4 aliphatic rings. The van der Waals surface area contributed by atoms with E-state index in [4.69, 9.17) is 4.98 Å². The van der Waals surface area contributed by atoms with Gasteiger partial charge in [0.15, 0.2) is 0 Å². The minimum absolute atomic E-state index is 0.00511. The zero-order valence-corrected chi connectivity index (χ0v) is 24.6. The van der Waals surface area contributed by atoms with Crippen molar-refractivity contribution in [3.05, 3.63) is 42.1 Å². The lowest BCUT2D eigenvalue weighted by molar-refractivity contribution is 0.0918. The molecule has 1 aromatic carbocycles. The summed E-state index contributed by atoms with van der Waals surface area (Å²) in [7, 11) is 0. The number of hydrogen-bond donors (Lipinski definition) is 3. The summed E-state index contributed by atoms with van der Waals surface area (Å²) in [6.45, 7) is 7.83. The summed E-state index contributed by atoms with van der Waals surface area (Å²) in [4.78, 5) is 30.3. The summed E-state index contributed by atoms with van der Waals surface area (Å²) < 4.78 is 0. The first-order valence-corrected chi connectivity index (χ1v) is 16.2. The van der Waals surface area contributed by atoms with Crippen LogP contribution in [0.3, 0.4) is 0 Å². The first-order valence-electron chi connectivity index (χ1n) is 16.2. The zero-order chi connectivity index (χ0) is 27.9. The Kier molecular flexibility index (Phi) is 9.52. The van der Waals surface area contributed by atoms with Gasteiger partial charge in [-0.3, -0.25) is 9.69 Å². The minimum Gasteiger partial charge on any atom is -0.369 e. The zero-order valence-electron chi connectivity index (χ0n) is 24.6. The summed E-state index contributed by atoms with van der Waals surface area (Å²) in [5.74, 6) is 1.74. The van der Waals surface area contributed by atoms with Crippen LogP contribution in [-0.2, 0) is 0 Å². The van der Waals surface area contributed by atoms with E-state index in [0.717, 1.165) is 63.6 Å². The van der Waals surface area contributed by atoms with Crippen LogP contribution >= 0.6 is 0 Å². The topological polar surface area (TPSA) is 88.7 Å². The molecule has 41 heavy (non-hydrogen) atoms. The third-order valence-corrected chi connectivity index (χ3v) is 9.60. The van der Waals surface area contributed by atoms with Gasteiger partial charge < -0.3 is 25.8 Å². The van der Waals surface area contributed by atoms with E-state index in [9.17, 15) is 4.79 Å². The number of carbonyl (C=O) groups is 1. The molecule has 3 N–H and O–H groups in total. The quantitative estimate of drug-likeness (QED) is 0.448. The van der Waals surface area contributed by atoms with Crippen molar-refractivity contribution in [3.63, 3.8) is 0 Å². The molecule has 2 atom stereocenters. The standard InChI is InChI=1S/C32H48N8O/c41-31(25-10-12-26(13-11-25)38-22-17-33-18-23-38)35-24-29-28(15-21-40(29)27-8-4-3-5-9-27)36-32-34-16-14-30(37-32)39-19-6-1-2-7-20-39/h10-14,16,27-29,33H,1-9,15,17-24H2,(H,35,41)(H,34,36,37)/t28-,29+/m0/s1. The van der Waals surface area contributed by atoms with Crippen molar-refractivity contribution in [2.75, 3.05) is 67.5 Å². The lowest BCUT2D eigenvalue weighted by Gasteiger charge is -2.37. The molecule has 222 valence electrons. The number of rotatable bonds is 8. The first kappa shape index (κ1) is 28.2. The molecule has 0 unspecified atom stereocenters. The Hall–Kier alpha value is -2.91. The number of amides is 1. The Morgan fingerprint density at radius 1 is 0.829 bits per heavy atom. The van der Waals surface area contributed by atoms with Crippen LogP contribution in [0.2, 0.25) is 0 Å². The van der Waals surface area contributed by atoms with Gasteiger partial charge in [0, 0.05) is 87.9 Å². The number of aromatic nitrogens is 2. The molecule has 0 bridgehead atoms. The number of likely N-dealkylation sites (tertiary alicyclic amines) is 1. The summed E-state index contributed by atoms with van der Waals surface area (Å²) in [6, 6.07) is 11.2. The minimum atomic E-state index is 0.00511. The normalized spacial score (nSPS) is 24.7. The second-order valence-corrected chi connectivity index (χ2v) is 12.3. The maximum Gasteiger partial charge on any atom is 0.251 e. The molecule has 6 rings (SSSR count). The highest BCUT2D eigenvalue weighted by atomic mass is 16.1. The smallest absolute Gasteiger partial charge is 0.251 e. The largest absolute Gasteiger partial charge is 0.369 e. The Labute approximate surface area is 245 Å². The second-order valence-electron chi connectivity index (χ2n) is 12.3. The van der Waals surface area contributed by atoms with Gasteiger partial charge in [-0.1, -0.05) is 32.1 Å². The molecule has 1 saturated carbocycles. The van der Waals surface area contributed by atoms with E-state index in [-0.39, 0.29) is 18.0 Å². The average Bonchev–Trinajstić information content (AvgIpc) is 3.22. The summed E-state index contributed by atoms with van der Waals surface area (Å²) >= 11 is 0. The van der Waals surface area contributed by atoms with Crippen molar-refractivity contribution in [1.29, 1.82) is 0 Å². The van der Waals surface area contributed by atoms with Gasteiger partial charge in [0.05, 0.1) is 0 Å². The van der Waals surface area contributed by atoms with Gasteiger partial charge in [-0.15, -0.1) is 0 Å². The third-order valence-electron chi connectivity index (χ3n) is 9.60. The molecule has 1 aliphatic carbocycles. The van der Waals surface area contributed by atoms with E-state index in [1.54, 1.807) is 0 Å². The van der Waals surface area contributed by atoms with Crippen molar-refractivity contribution in [2.24, 2.45) is 0 Å². The maximum atomic E-state index is 13.3. The summed E-state index contributed by atoms with van der Waals surface area (Å²) in [5, 5.41) is 10.4. The predicted octanol–water partition coefficient (Wildman–Crippen LogP) is 3.88. The van der Waals surface area contributed by atoms with Crippen molar-refractivity contribution >= 4 is 23.4 Å². The van der Waals surface area contributed by atoms with E-state index in [1.807, 2.05) is 24.4 Å². The highest BCUT2D eigenvalue weighted by Crippen LogP contribution is 2.31. The van der Waals surface area contributed by atoms with Crippen LogP contribution in [0.4, 0.5) is 17.5 Å². The van der Waals surface area contributed by atoms with Crippen LogP contribution in [0.5, 0.6) is 0 Å². The number of piperazine rings is 1. The predicted molar refractivity (Wildman–Crippen MR) is 166 cm³/mol. The summed E-state index contributed by atoms with van der Waals surface area (Å²) in [5.41, 5.74) is 1.91. The van der Waals surface area contributed by atoms with Gasteiger partial charge in [0.2, 0.25) is 5.95 Å². The molecule has 1 aromatic heterocycles. The Bertz CT molecular complexity index is 1110. The fourth-order valence-corrected chi connectivity index (χ4v) is 7.28. The van der Waals surface area contributed by atoms with E-state index < -0.39 is 0 Å². The van der Waals surface area contributed by atoms with Crippen LogP contribution < -0.4 is 25.8 Å². The molecular weight excluding hydrogens is 512 g/mol. The molecule has 3 saturated heterocycles. The molecule has 4 fully saturated rings. The molecule has 2 aromatic rings. The van der Waals surface area contributed by atoms with E-state index >= 15 is 0 Å². The van der Waals surface area contributed by atoms with Crippen molar-refractivity contribution in [1.82, 2.24) is 25.5 Å². The Balaban J connectivity index is 1.12. The maximum absolute atomic E-state index is 13.3. The average molecular weight is 561 g/mol. The van der Waals surface area contributed by atoms with E-state index in [2.05, 4.69) is 47.8 Å². The van der Waals surface area contributed by atoms with Gasteiger partial charge in [0.25, 0.3) is 5.91 Å². The molecular formula is C32H48N8O. The lowest BCUT2D eigenvalue weighted by Crippen LogP contribution is -2.51. The number of nitrogens with zero attached hydrogens (tertiary/aromatic N) is 5. The van der Waals surface area contributed by atoms with Gasteiger partial charge in [-0.05, 0) is 62.4 Å². The molecule has 4 heterocycles. The van der Waals surface area contributed by atoms with Crippen LogP contribution in [-0.4, -0.2) is 91.3 Å². The fourth-order valence-electron chi connectivity index (χ4n) is 7.28. The van der Waals surface area contributed by atoms with Crippen LogP contribution in [0.1, 0.15) is 74.6 Å². The fraction of sp³-hybridized carbons (Fsp3) is 0.656. The number of nitrogens with one attached hydrogen (secondary N) is 3. The van der Waals surface area contributed by atoms with Gasteiger partial charge >= 0.3 is 0 Å². The van der Waals surface area contributed by atoms with Gasteiger partial charge in [-0.25, -0.2) is 4.98 Å². The van der Waals surface area contributed by atoms with Crippen LogP contribution in [0, 0.1) is 0 Å². The van der Waals surface area contributed by atoms with E-state index in [0.29, 0.717) is 18.5 Å². The molecule has 0 spiro atoms. The number of benzene rings is 1. The Morgan fingerprint density at radius 2 is 1.56 bits per heavy atom. The molecule has 9 nitrogen and oxygen atoms in total. The summed E-state index contributed by atoms with van der Waals surface area (Å²) in [6.07, 6.45) is 14.5. The Morgan fingerprint density at radius 3 is 2.32 bits per heavy atom. The van der Waals surface area contributed by atoms with E-state index in [1.165, 1.54) is 63.5 Å². The molecule has 3 aliphatic heterocycles. The first-order chi connectivity index (χ1) is 20.2. The SMILES string of the molecule is O=C(NC[C@@H]1[C@@H](Nc2nccc(N3CCCCCC3)n2)CCN1C1CCCCC1)c1ccc(N2CCNCC2)cc1. The number of hydrogen-bond acceptors (Lipinski definition) is 8. The van der Waals surface area contributed by atoms with Crippen molar-refractivity contribution in [2.45, 2.75) is 82.3 Å². The van der Waals surface area contributed by atoms with Crippen LogP contribution in [0.15, 0.2) is 36.5 Å². The highest BCUT2D eigenvalue weighted by molar-refractivity contribution is 5.94. The van der Waals surface area contributed by atoms with Crippen molar-refractivity contribution < 1.29 is 4.79 Å². The second kappa shape index (κ2) is 13.8.